The zero-order valence-corrected chi connectivity index (χ0v) is 14.0. The van der Waals surface area contributed by atoms with Crippen LogP contribution in [0, 0.1) is 0 Å². The summed E-state index contributed by atoms with van der Waals surface area (Å²) in [4.78, 5) is 16.7. The first-order valence-corrected chi connectivity index (χ1v) is 8.37. The summed E-state index contributed by atoms with van der Waals surface area (Å²) in [7, 11) is 0. The van der Waals surface area contributed by atoms with Crippen LogP contribution in [0.15, 0.2) is 36.4 Å². The van der Waals surface area contributed by atoms with Crippen molar-refractivity contribution in [3.63, 3.8) is 0 Å². The second-order valence-electron chi connectivity index (χ2n) is 6.28. The molecule has 1 aromatic rings. The molecule has 1 saturated heterocycles. The first-order valence-electron chi connectivity index (χ1n) is 8.37. The molecule has 22 heavy (non-hydrogen) atoms. The van der Waals surface area contributed by atoms with Crippen LogP contribution in [0.25, 0.3) is 6.08 Å². The maximum Gasteiger partial charge on any atom is 0.223 e. The molecular weight excluding hydrogens is 272 g/mol. The van der Waals surface area contributed by atoms with Crippen molar-refractivity contribution in [3.05, 3.63) is 42.0 Å². The number of rotatable bonds is 5. The van der Waals surface area contributed by atoms with Gasteiger partial charge >= 0.3 is 0 Å². The lowest BCUT2D eigenvalue weighted by molar-refractivity contribution is -0.138. The highest BCUT2D eigenvalue weighted by Gasteiger charge is 2.31. The van der Waals surface area contributed by atoms with Crippen LogP contribution in [0.1, 0.15) is 39.2 Å². The summed E-state index contributed by atoms with van der Waals surface area (Å²) >= 11 is 0. The van der Waals surface area contributed by atoms with Gasteiger partial charge in [-0.05, 0) is 25.8 Å². The molecule has 1 heterocycles. The Morgan fingerprint density at radius 3 is 2.41 bits per heavy atom. The van der Waals surface area contributed by atoms with E-state index in [-0.39, 0.29) is 0 Å². The molecule has 1 fully saturated rings. The fraction of sp³-hybridized carbons (Fsp3) is 0.526. The average Bonchev–Trinajstić information content (AvgIpc) is 2.48. The van der Waals surface area contributed by atoms with Crippen LogP contribution in [0.5, 0.6) is 0 Å². The molecule has 0 spiro atoms. The van der Waals surface area contributed by atoms with Gasteiger partial charge in [-0.25, -0.2) is 0 Å². The summed E-state index contributed by atoms with van der Waals surface area (Å²) in [6, 6.07) is 11.0. The fourth-order valence-electron chi connectivity index (χ4n) is 3.32. The lowest BCUT2D eigenvalue weighted by Crippen LogP contribution is -2.58. The van der Waals surface area contributed by atoms with Gasteiger partial charge in [-0.1, -0.05) is 49.4 Å². The van der Waals surface area contributed by atoms with Gasteiger partial charge in [-0.15, -0.1) is 0 Å². The Hall–Kier alpha value is -1.61. The maximum atomic E-state index is 12.2. The highest BCUT2D eigenvalue weighted by atomic mass is 16.2. The van der Waals surface area contributed by atoms with Crippen LogP contribution >= 0.6 is 0 Å². The lowest BCUT2D eigenvalue weighted by Gasteiger charge is -2.44. The number of nitrogens with zero attached hydrogens (tertiary/aromatic N) is 2. The number of benzene rings is 1. The van der Waals surface area contributed by atoms with E-state index in [2.05, 4.69) is 67.0 Å². The van der Waals surface area contributed by atoms with Crippen molar-refractivity contribution < 1.29 is 4.79 Å². The summed E-state index contributed by atoms with van der Waals surface area (Å²) in [5, 5.41) is 0. The third kappa shape index (κ3) is 4.44. The van der Waals surface area contributed by atoms with Gasteiger partial charge in [-0.2, -0.15) is 0 Å². The Morgan fingerprint density at radius 1 is 1.18 bits per heavy atom. The Kier molecular flexibility index (Phi) is 6.20. The molecule has 0 N–H and O–H groups in total. The first-order chi connectivity index (χ1) is 10.6. The second kappa shape index (κ2) is 8.14. The molecular formula is C19H28N2O. The van der Waals surface area contributed by atoms with Gasteiger partial charge in [0, 0.05) is 38.1 Å². The molecule has 120 valence electrons. The molecule has 0 radical (unpaired) electrons. The molecule has 0 saturated carbocycles. The highest BCUT2D eigenvalue weighted by molar-refractivity contribution is 5.77. The number of hydrogen-bond acceptors (Lipinski definition) is 2. The van der Waals surface area contributed by atoms with Crippen molar-refractivity contribution in [3.8, 4) is 0 Å². The summed E-state index contributed by atoms with van der Waals surface area (Å²) in [6.45, 7) is 9.25. The largest absolute Gasteiger partial charge is 0.335 e. The molecule has 0 bridgehead atoms. The summed E-state index contributed by atoms with van der Waals surface area (Å²) in [5.41, 5.74) is 1.24. The predicted octanol–water partition coefficient (Wildman–Crippen LogP) is 3.42. The van der Waals surface area contributed by atoms with E-state index in [1.807, 2.05) is 6.07 Å². The lowest BCUT2D eigenvalue weighted by atomic mass is 10.1. The number of carbonyl (C=O) groups is 1. The molecule has 2 rings (SSSR count). The standard InChI is InChI=1S/C19H28N2O/c1-4-9-19(22)21-16(2)14-20(15-17(21)3)13-8-12-18-10-6-5-7-11-18/h5-8,10-12,16-17H,4,9,13-15H2,1-3H3/b12-8+/t16-,17-/m1/s1. The molecule has 3 heteroatoms. The number of piperazine rings is 1. The van der Waals surface area contributed by atoms with Crippen LogP contribution in [-0.4, -0.2) is 47.4 Å². The minimum atomic E-state index is 0.299. The number of hydrogen-bond donors (Lipinski definition) is 0. The number of amides is 1. The fourth-order valence-corrected chi connectivity index (χ4v) is 3.32. The van der Waals surface area contributed by atoms with Crippen molar-refractivity contribution in [1.29, 1.82) is 0 Å². The molecule has 0 aliphatic carbocycles. The van der Waals surface area contributed by atoms with Gasteiger partial charge in [0.25, 0.3) is 0 Å². The van der Waals surface area contributed by atoms with E-state index in [0.717, 1.165) is 26.1 Å². The van der Waals surface area contributed by atoms with E-state index in [1.165, 1.54) is 5.56 Å². The zero-order chi connectivity index (χ0) is 15.9. The molecule has 1 amide bonds. The second-order valence-corrected chi connectivity index (χ2v) is 6.28. The van der Waals surface area contributed by atoms with Crippen LogP contribution in [-0.2, 0) is 4.79 Å². The monoisotopic (exact) mass is 300 g/mol. The topological polar surface area (TPSA) is 23.6 Å². The average molecular weight is 300 g/mol. The highest BCUT2D eigenvalue weighted by Crippen LogP contribution is 2.17. The van der Waals surface area contributed by atoms with Crippen molar-refractivity contribution in [2.24, 2.45) is 0 Å². The minimum absolute atomic E-state index is 0.299. The smallest absolute Gasteiger partial charge is 0.223 e. The normalized spacial score (nSPS) is 23.1. The third-order valence-corrected chi connectivity index (χ3v) is 4.22. The van der Waals surface area contributed by atoms with E-state index in [1.54, 1.807) is 0 Å². The van der Waals surface area contributed by atoms with Crippen LogP contribution in [0.2, 0.25) is 0 Å². The summed E-state index contributed by atoms with van der Waals surface area (Å²) < 4.78 is 0. The van der Waals surface area contributed by atoms with Crippen LogP contribution in [0.4, 0.5) is 0 Å². The third-order valence-electron chi connectivity index (χ3n) is 4.22. The maximum absolute atomic E-state index is 12.2. The van der Waals surface area contributed by atoms with Crippen molar-refractivity contribution in [2.75, 3.05) is 19.6 Å². The van der Waals surface area contributed by atoms with Gasteiger partial charge < -0.3 is 4.90 Å². The summed E-state index contributed by atoms with van der Waals surface area (Å²) in [5.74, 6) is 0.307. The van der Waals surface area contributed by atoms with Crippen molar-refractivity contribution >= 4 is 12.0 Å². The summed E-state index contributed by atoms with van der Waals surface area (Å²) in [6.07, 6.45) is 5.99. The quantitative estimate of drug-likeness (QED) is 0.832. The Bertz CT molecular complexity index is 485. The van der Waals surface area contributed by atoms with Crippen LogP contribution in [0.3, 0.4) is 0 Å². The molecule has 1 aliphatic rings. The van der Waals surface area contributed by atoms with Crippen molar-refractivity contribution in [2.45, 2.75) is 45.7 Å². The Labute approximate surface area is 134 Å². The molecule has 0 unspecified atom stereocenters. The van der Waals surface area contributed by atoms with Gasteiger partial charge in [0.1, 0.15) is 0 Å². The molecule has 0 aromatic heterocycles. The van der Waals surface area contributed by atoms with Gasteiger partial charge in [0.15, 0.2) is 0 Å². The molecule has 1 aromatic carbocycles. The predicted molar refractivity (Wildman–Crippen MR) is 92.6 cm³/mol. The Morgan fingerprint density at radius 2 is 1.82 bits per heavy atom. The van der Waals surface area contributed by atoms with E-state index >= 15 is 0 Å². The zero-order valence-electron chi connectivity index (χ0n) is 14.0. The van der Waals surface area contributed by atoms with E-state index in [9.17, 15) is 4.79 Å². The van der Waals surface area contributed by atoms with Crippen molar-refractivity contribution in [1.82, 2.24) is 9.80 Å². The van der Waals surface area contributed by atoms with E-state index in [4.69, 9.17) is 0 Å². The molecule has 3 nitrogen and oxygen atoms in total. The SMILES string of the molecule is CCCC(=O)N1[C@H](C)CN(C/C=C/c2ccccc2)C[C@H]1C. The van der Waals surface area contributed by atoms with Gasteiger partial charge in [0.05, 0.1) is 0 Å². The molecule has 1 aliphatic heterocycles. The number of carbonyl (C=O) groups excluding carboxylic acids is 1. The van der Waals surface area contributed by atoms with E-state index < -0.39 is 0 Å². The van der Waals surface area contributed by atoms with Gasteiger partial charge in [-0.3, -0.25) is 9.69 Å². The van der Waals surface area contributed by atoms with Gasteiger partial charge in [0.2, 0.25) is 5.91 Å². The first kappa shape index (κ1) is 16.8. The van der Waals surface area contributed by atoms with Crippen LogP contribution < -0.4 is 0 Å². The van der Waals surface area contributed by atoms with E-state index in [0.29, 0.717) is 24.4 Å². The minimum Gasteiger partial charge on any atom is -0.335 e. The Balaban J connectivity index is 1.88. The molecule has 2 atom stereocenters.